The van der Waals surface area contributed by atoms with Crippen molar-refractivity contribution < 1.29 is 9.59 Å². The zero-order valence-electron chi connectivity index (χ0n) is 19.5. The van der Waals surface area contributed by atoms with Crippen LogP contribution in [0.5, 0.6) is 0 Å². The number of amides is 2. The van der Waals surface area contributed by atoms with Crippen LogP contribution < -0.4 is 5.32 Å². The standard InChI is InChI=1S/C27H35N3O2S/c1-21-12-17-29(18-13-21)16-5-15-28-26(32)23-8-10-24(11-9-23)27-30(25(31)20-33-27)19-14-22-6-3-2-4-7-22/h2-4,6-11,21,27H,5,12-20H2,1H3,(H,28,32)/t27-/m1/s1. The van der Waals surface area contributed by atoms with E-state index >= 15 is 0 Å². The first kappa shape index (κ1) is 23.8. The van der Waals surface area contributed by atoms with E-state index in [1.165, 1.54) is 31.5 Å². The molecule has 2 saturated heterocycles. The highest BCUT2D eigenvalue weighted by atomic mass is 32.2. The average Bonchev–Trinajstić information content (AvgIpc) is 3.22. The molecule has 6 heteroatoms. The number of piperidine rings is 1. The van der Waals surface area contributed by atoms with Crippen molar-refractivity contribution in [2.75, 3.05) is 38.5 Å². The second-order valence-electron chi connectivity index (χ2n) is 9.24. The first-order valence-electron chi connectivity index (χ1n) is 12.2. The van der Waals surface area contributed by atoms with Gasteiger partial charge in [-0.25, -0.2) is 0 Å². The van der Waals surface area contributed by atoms with E-state index in [9.17, 15) is 9.59 Å². The smallest absolute Gasteiger partial charge is 0.251 e. The Hall–Kier alpha value is -2.31. The number of hydrogen-bond donors (Lipinski definition) is 1. The second kappa shape index (κ2) is 11.7. The quantitative estimate of drug-likeness (QED) is 0.559. The summed E-state index contributed by atoms with van der Waals surface area (Å²) in [5, 5.41) is 3.07. The van der Waals surface area contributed by atoms with Crippen LogP contribution in [0.4, 0.5) is 0 Å². The van der Waals surface area contributed by atoms with Crippen molar-refractivity contribution in [2.45, 2.75) is 38.0 Å². The summed E-state index contributed by atoms with van der Waals surface area (Å²) < 4.78 is 0. The third kappa shape index (κ3) is 6.61. The number of hydrogen-bond acceptors (Lipinski definition) is 4. The molecule has 2 aromatic rings. The highest BCUT2D eigenvalue weighted by Gasteiger charge is 2.32. The number of carbonyl (C=O) groups excluding carboxylic acids is 2. The van der Waals surface area contributed by atoms with Crippen LogP contribution in [0.3, 0.4) is 0 Å². The number of carbonyl (C=O) groups is 2. The Morgan fingerprint density at radius 2 is 1.76 bits per heavy atom. The van der Waals surface area contributed by atoms with E-state index in [4.69, 9.17) is 0 Å². The Balaban J connectivity index is 1.25. The topological polar surface area (TPSA) is 52.7 Å². The van der Waals surface area contributed by atoms with Crippen molar-refractivity contribution in [1.29, 1.82) is 0 Å². The lowest BCUT2D eigenvalue weighted by atomic mass is 9.99. The molecule has 2 aromatic carbocycles. The number of rotatable bonds is 9. The van der Waals surface area contributed by atoms with Gasteiger partial charge < -0.3 is 15.1 Å². The molecule has 0 aromatic heterocycles. The fourth-order valence-corrected chi connectivity index (χ4v) is 5.78. The van der Waals surface area contributed by atoms with Crippen LogP contribution in [-0.2, 0) is 11.2 Å². The summed E-state index contributed by atoms with van der Waals surface area (Å²) in [6.45, 7) is 7.15. The maximum atomic E-state index is 12.6. The van der Waals surface area contributed by atoms with Crippen LogP contribution in [0.25, 0.3) is 0 Å². The summed E-state index contributed by atoms with van der Waals surface area (Å²) in [4.78, 5) is 29.5. The van der Waals surface area contributed by atoms with E-state index < -0.39 is 0 Å². The molecular formula is C27H35N3O2S. The van der Waals surface area contributed by atoms with Crippen molar-refractivity contribution in [1.82, 2.24) is 15.1 Å². The van der Waals surface area contributed by atoms with Crippen molar-refractivity contribution in [3.8, 4) is 0 Å². The lowest BCUT2D eigenvalue weighted by Crippen LogP contribution is -2.35. The zero-order valence-corrected chi connectivity index (χ0v) is 20.4. The highest BCUT2D eigenvalue weighted by molar-refractivity contribution is 8.00. The molecule has 4 rings (SSSR count). The maximum Gasteiger partial charge on any atom is 0.251 e. The van der Waals surface area contributed by atoms with Gasteiger partial charge in [-0.05, 0) is 74.5 Å². The van der Waals surface area contributed by atoms with Gasteiger partial charge in [0.05, 0.1) is 5.75 Å². The predicted octanol–water partition coefficient (Wildman–Crippen LogP) is 4.36. The molecular weight excluding hydrogens is 430 g/mol. The van der Waals surface area contributed by atoms with Crippen molar-refractivity contribution in [3.05, 3.63) is 71.3 Å². The highest BCUT2D eigenvalue weighted by Crippen LogP contribution is 2.38. The third-order valence-corrected chi connectivity index (χ3v) is 7.98. The van der Waals surface area contributed by atoms with E-state index in [1.54, 1.807) is 11.8 Å². The number of nitrogens with zero attached hydrogens (tertiary/aromatic N) is 2. The molecule has 0 saturated carbocycles. The van der Waals surface area contributed by atoms with Crippen LogP contribution in [0.1, 0.15) is 53.0 Å². The van der Waals surface area contributed by atoms with E-state index in [0.717, 1.165) is 30.9 Å². The van der Waals surface area contributed by atoms with Gasteiger partial charge in [0.2, 0.25) is 5.91 Å². The summed E-state index contributed by atoms with van der Waals surface area (Å²) in [6.07, 6.45) is 4.40. The first-order valence-corrected chi connectivity index (χ1v) is 13.2. The maximum absolute atomic E-state index is 12.6. The summed E-state index contributed by atoms with van der Waals surface area (Å²) in [5.41, 5.74) is 2.99. The largest absolute Gasteiger partial charge is 0.352 e. The normalized spacial score (nSPS) is 19.7. The SMILES string of the molecule is CC1CCN(CCCNC(=O)c2ccc([C@H]3SCC(=O)N3CCc3ccccc3)cc2)CC1. The van der Waals surface area contributed by atoms with Crippen LogP contribution in [0.2, 0.25) is 0 Å². The molecule has 1 N–H and O–H groups in total. The molecule has 1 atom stereocenters. The Morgan fingerprint density at radius 3 is 2.48 bits per heavy atom. The molecule has 176 valence electrons. The summed E-state index contributed by atoms with van der Waals surface area (Å²) in [7, 11) is 0. The monoisotopic (exact) mass is 465 g/mol. The van der Waals surface area contributed by atoms with Gasteiger partial charge in [0.15, 0.2) is 0 Å². The predicted molar refractivity (Wildman–Crippen MR) is 135 cm³/mol. The van der Waals surface area contributed by atoms with Crippen LogP contribution >= 0.6 is 11.8 Å². The summed E-state index contributed by atoms with van der Waals surface area (Å²) in [6, 6.07) is 18.0. The number of likely N-dealkylation sites (tertiary alicyclic amines) is 1. The van der Waals surface area contributed by atoms with Crippen molar-refractivity contribution in [3.63, 3.8) is 0 Å². The number of benzene rings is 2. The van der Waals surface area contributed by atoms with Gasteiger partial charge in [-0.2, -0.15) is 0 Å². The van der Waals surface area contributed by atoms with Gasteiger partial charge in [-0.15, -0.1) is 11.8 Å². The molecule has 0 bridgehead atoms. The van der Waals surface area contributed by atoms with Gasteiger partial charge in [0, 0.05) is 18.7 Å². The molecule has 0 unspecified atom stereocenters. The second-order valence-corrected chi connectivity index (χ2v) is 10.3. The van der Waals surface area contributed by atoms with Crippen molar-refractivity contribution in [2.24, 2.45) is 5.92 Å². The molecule has 2 amide bonds. The van der Waals surface area contributed by atoms with Gasteiger partial charge >= 0.3 is 0 Å². The number of thioether (sulfide) groups is 1. The van der Waals surface area contributed by atoms with Crippen LogP contribution in [0.15, 0.2) is 54.6 Å². The number of nitrogens with one attached hydrogen (secondary N) is 1. The Morgan fingerprint density at radius 1 is 1.03 bits per heavy atom. The average molecular weight is 466 g/mol. The minimum absolute atomic E-state index is 0.0191. The van der Waals surface area contributed by atoms with Crippen LogP contribution in [-0.4, -0.2) is 60.1 Å². The Kier molecular flexibility index (Phi) is 8.46. The molecule has 2 aliphatic rings. The van der Waals surface area contributed by atoms with E-state index in [2.05, 4.69) is 29.3 Å². The van der Waals surface area contributed by atoms with Gasteiger partial charge in [0.1, 0.15) is 5.37 Å². The fraction of sp³-hybridized carbons (Fsp3) is 0.481. The molecule has 0 aliphatic carbocycles. The molecule has 2 heterocycles. The molecule has 2 fully saturated rings. The molecule has 2 aliphatic heterocycles. The van der Waals surface area contributed by atoms with E-state index in [-0.39, 0.29) is 17.2 Å². The molecule has 0 spiro atoms. The fourth-order valence-electron chi connectivity index (χ4n) is 4.56. The van der Waals surface area contributed by atoms with E-state index in [1.807, 2.05) is 47.4 Å². The summed E-state index contributed by atoms with van der Waals surface area (Å²) >= 11 is 1.66. The minimum atomic E-state index is -0.0232. The lowest BCUT2D eigenvalue weighted by Gasteiger charge is -2.30. The van der Waals surface area contributed by atoms with Gasteiger partial charge in [-0.1, -0.05) is 49.4 Å². The van der Waals surface area contributed by atoms with Gasteiger partial charge in [0.25, 0.3) is 5.91 Å². The Labute approximate surface area is 201 Å². The van der Waals surface area contributed by atoms with Crippen molar-refractivity contribution >= 4 is 23.6 Å². The van der Waals surface area contributed by atoms with E-state index in [0.29, 0.717) is 24.4 Å². The Bertz CT molecular complexity index is 911. The molecule has 0 radical (unpaired) electrons. The lowest BCUT2D eigenvalue weighted by molar-refractivity contribution is -0.128. The third-order valence-electron chi connectivity index (χ3n) is 6.72. The summed E-state index contributed by atoms with van der Waals surface area (Å²) in [5.74, 6) is 1.52. The first-order chi connectivity index (χ1) is 16.1. The minimum Gasteiger partial charge on any atom is -0.352 e. The zero-order chi connectivity index (χ0) is 23.0. The molecule has 33 heavy (non-hydrogen) atoms. The molecule has 5 nitrogen and oxygen atoms in total. The van der Waals surface area contributed by atoms with Crippen LogP contribution in [0, 0.1) is 5.92 Å². The van der Waals surface area contributed by atoms with Gasteiger partial charge in [-0.3, -0.25) is 9.59 Å².